The molecule has 1 nitrogen and oxygen atoms in total. The molecule has 1 aromatic carbocycles. The van der Waals surface area contributed by atoms with Gasteiger partial charge in [-0.2, -0.15) is 0 Å². The van der Waals surface area contributed by atoms with E-state index in [4.69, 9.17) is 11.6 Å². The normalized spacial score (nSPS) is 10.2. The molecule has 76 valence electrons. The Balaban J connectivity index is 2.81. The van der Waals surface area contributed by atoms with Gasteiger partial charge in [0.05, 0.1) is 5.33 Å². The molecule has 0 aromatic heterocycles. The fourth-order valence-corrected chi connectivity index (χ4v) is 2.51. The van der Waals surface area contributed by atoms with Crippen LogP contribution >= 0.6 is 50.1 Å². The van der Waals surface area contributed by atoms with Crippen LogP contribution in [-0.2, 0) is 17.1 Å². The molecule has 0 bridgehead atoms. The highest BCUT2D eigenvalue weighted by molar-refractivity contribution is 14.1. The van der Waals surface area contributed by atoms with Gasteiger partial charge in [0.1, 0.15) is 5.78 Å². The van der Waals surface area contributed by atoms with Crippen molar-refractivity contribution in [3.8, 4) is 0 Å². The van der Waals surface area contributed by atoms with Gasteiger partial charge < -0.3 is 0 Å². The van der Waals surface area contributed by atoms with Crippen molar-refractivity contribution in [2.24, 2.45) is 0 Å². The van der Waals surface area contributed by atoms with Crippen LogP contribution in [0.15, 0.2) is 18.2 Å². The van der Waals surface area contributed by atoms with Crippen molar-refractivity contribution in [3.05, 3.63) is 32.9 Å². The average molecular weight is 387 g/mol. The predicted octanol–water partition coefficient (Wildman–Crippen LogP) is 3.54. The maximum Gasteiger partial charge on any atom is 0.147 e. The van der Waals surface area contributed by atoms with Gasteiger partial charge in [-0.1, -0.05) is 28.1 Å². The van der Waals surface area contributed by atoms with Gasteiger partial charge in [0.25, 0.3) is 0 Å². The highest BCUT2D eigenvalue weighted by atomic mass is 127. The second-order valence-electron chi connectivity index (χ2n) is 2.91. The highest BCUT2D eigenvalue weighted by Gasteiger charge is 2.04. The number of alkyl halides is 2. The predicted molar refractivity (Wildman–Crippen MR) is 71.2 cm³/mol. The summed E-state index contributed by atoms with van der Waals surface area (Å²) in [5, 5.41) is 0.417. The summed E-state index contributed by atoms with van der Waals surface area (Å²) in [4.78, 5) is 11.2. The molecule has 0 spiro atoms. The lowest BCUT2D eigenvalue weighted by molar-refractivity contribution is -0.115. The van der Waals surface area contributed by atoms with E-state index in [2.05, 4.69) is 38.5 Å². The third-order valence-electron chi connectivity index (χ3n) is 1.81. The molecule has 0 radical (unpaired) electrons. The number of rotatable bonds is 4. The maximum absolute atomic E-state index is 11.2. The molecule has 0 saturated heterocycles. The monoisotopic (exact) mass is 386 g/mol. The number of ketones is 1. The van der Waals surface area contributed by atoms with Crippen molar-refractivity contribution < 1.29 is 4.79 Å². The molecule has 0 unspecified atom stereocenters. The van der Waals surface area contributed by atoms with Crippen LogP contribution in [0.4, 0.5) is 0 Å². The Labute approximate surface area is 110 Å². The summed E-state index contributed by atoms with van der Waals surface area (Å²) in [7, 11) is 0. The molecule has 0 heterocycles. The number of hydrogen-bond acceptors (Lipinski definition) is 1. The van der Waals surface area contributed by atoms with E-state index in [9.17, 15) is 4.79 Å². The summed E-state index contributed by atoms with van der Waals surface area (Å²) in [5.41, 5.74) is 2.16. The van der Waals surface area contributed by atoms with Gasteiger partial charge in [-0.15, -0.1) is 11.6 Å². The molecule has 0 aliphatic carbocycles. The summed E-state index contributed by atoms with van der Waals surface area (Å²) in [5.74, 6) is 0.713. The lowest BCUT2D eigenvalue weighted by Gasteiger charge is -2.03. The first kappa shape index (κ1) is 12.5. The maximum atomic E-state index is 11.2. The summed E-state index contributed by atoms with van der Waals surface area (Å²) < 4.78 is 1.12. The van der Waals surface area contributed by atoms with Crippen LogP contribution in [0.25, 0.3) is 0 Å². The van der Waals surface area contributed by atoms with Crippen molar-refractivity contribution in [2.45, 2.75) is 12.3 Å². The Kier molecular flexibility index (Phi) is 5.41. The second-order valence-corrected chi connectivity index (χ2v) is 4.90. The van der Waals surface area contributed by atoms with E-state index in [1.165, 1.54) is 0 Å². The zero-order valence-electron chi connectivity index (χ0n) is 7.40. The molecule has 0 atom stereocenters. The largest absolute Gasteiger partial charge is 0.298 e. The van der Waals surface area contributed by atoms with Gasteiger partial charge >= 0.3 is 0 Å². The Morgan fingerprint density at radius 3 is 2.71 bits per heavy atom. The second kappa shape index (κ2) is 6.08. The van der Waals surface area contributed by atoms with Crippen molar-refractivity contribution in [2.75, 3.05) is 5.33 Å². The van der Waals surface area contributed by atoms with Crippen LogP contribution in [0.5, 0.6) is 0 Å². The van der Waals surface area contributed by atoms with Gasteiger partial charge in [-0.3, -0.25) is 4.79 Å². The number of carbonyl (C=O) groups excluding carboxylic acids is 1. The zero-order valence-corrected chi connectivity index (χ0v) is 11.9. The summed E-state index contributed by atoms with van der Waals surface area (Å²) >= 11 is 11.1. The number of halogens is 3. The first-order chi connectivity index (χ1) is 6.67. The van der Waals surface area contributed by atoms with Gasteiger partial charge in [0.2, 0.25) is 0 Å². The molecule has 0 aliphatic rings. The molecule has 0 saturated carbocycles. The van der Waals surface area contributed by atoms with Gasteiger partial charge in [-0.05, 0) is 39.8 Å². The van der Waals surface area contributed by atoms with E-state index >= 15 is 0 Å². The van der Waals surface area contributed by atoms with Gasteiger partial charge in [0.15, 0.2) is 0 Å². The topological polar surface area (TPSA) is 17.1 Å². The first-order valence-corrected chi connectivity index (χ1v) is 6.81. The van der Waals surface area contributed by atoms with E-state index in [-0.39, 0.29) is 5.78 Å². The summed E-state index contributed by atoms with van der Waals surface area (Å²) in [6, 6.07) is 5.95. The third kappa shape index (κ3) is 3.51. The minimum atomic E-state index is 0.194. The summed E-state index contributed by atoms with van der Waals surface area (Å²) in [6.45, 7) is 0. The van der Waals surface area contributed by atoms with E-state index in [1.807, 2.05) is 18.2 Å². The highest BCUT2D eigenvalue weighted by Crippen LogP contribution is 2.17. The minimum Gasteiger partial charge on any atom is -0.298 e. The number of hydrogen-bond donors (Lipinski definition) is 0. The van der Waals surface area contributed by atoms with Crippen molar-refractivity contribution in [1.29, 1.82) is 0 Å². The Bertz CT molecular complexity index is 341. The molecule has 14 heavy (non-hydrogen) atoms. The molecule has 0 fully saturated rings. The number of benzene rings is 1. The van der Waals surface area contributed by atoms with Crippen LogP contribution in [0.1, 0.15) is 11.1 Å². The Morgan fingerprint density at radius 2 is 2.21 bits per heavy atom. The standard InChI is InChI=1S/C10H9BrClIO/c11-5-9(14)3-7-1-2-8(6-12)10(13)4-7/h1-2,4H,3,5-6H2. The molecule has 4 heteroatoms. The van der Waals surface area contributed by atoms with Crippen molar-refractivity contribution >= 4 is 55.9 Å². The van der Waals surface area contributed by atoms with Crippen LogP contribution in [0.2, 0.25) is 0 Å². The lowest BCUT2D eigenvalue weighted by Crippen LogP contribution is -2.03. The van der Waals surface area contributed by atoms with E-state index < -0.39 is 0 Å². The third-order valence-corrected chi connectivity index (χ3v) is 3.73. The fourth-order valence-electron chi connectivity index (χ4n) is 1.08. The average Bonchev–Trinajstić information content (AvgIpc) is 2.18. The molecular formula is C10H9BrClIO. The van der Waals surface area contributed by atoms with E-state index in [1.54, 1.807) is 0 Å². The van der Waals surface area contributed by atoms with Crippen molar-refractivity contribution in [3.63, 3.8) is 0 Å². The smallest absolute Gasteiger partial charge is 0.147 e. The van der Waals surface area contributed by atoms with E-state index in [0.29, 0.717) is 17.6 Å². The summed E-state index contributed by atoms with van der Waals surface area (Å²) in [6.07, 6.45) is 0.490. The van der Waals surface area contributed by atoms with Crippen molar-refractivity contribution in [1.82, 2.24) is 0 Å². The molecule has 0 amide bonds. The van der Waals surface area contributed by atoms with Crippen LogP contribution in [0, 0.1) is 3.57 Å². The fraction of sp³-hybridized carbons (Fsp3) is 0.300. The number of Topliss-reactive ketones (excluding diaryl/α,β-unsaturated/α-hetero) is 1. The quantitative estimate of drug-likeness (QED) is 0.571. The Hall–Kier alpha value is 0.390. The van der Waals surface area contributed by atoms with Crippen LogP contribution < -0.4 is 0 Å². The molecule has 0 N–H and O–H groups in total. The van der Waals surface area contributed by atoms with Crippen LogP contribution in [0.3, 0.4) is 0 Å². The van der Waals surface area contributed by atoms with E-state index in [0.717, 1.165) is 14.7 Å². The zero-order chi connectivity index (χ0) is 10.6. The lowest BCUT2D eigenvalue weighted by atomic mass is 10.1. The van der Waals surface area contributed by atoms with Gasteiger partial charge in [0, 0.05) is 15.9 Å². The molecule has 1 aromatic rings. The Morgan fingerprint density at radius 1 is 1.50 bits per heavy atom. The molecular weight excluding hydrogens is 378 g/mol. The first-order valence-electron chi connectivity index (χ1n) is 4.08. The van der Waals surface area contributed by atoms with Crippen LogP contribution in [-0.4, -0.2) is 11.1 Å². The number of carbonyl (C=O) groups is 1. The minimum absolute atomic E-state index is 0.194. The molecule has 1 rings (SSSR count). The SMILES string of the molecule is O=C(CBr)Cc1ccc(CCl)c(I)c1. The molecule has 0 aliphatic heterocycles. The van der Waals surface area contributed by atoms with Gasteiger partial charge in [-0.25, -0.2) is 0 Å².